The van der Waals surface area contributed by atoms with E-state index in [1.54, 1.807) is 17.6 Å². The van der Waals surface area contributed by atoms with Crippen molar-refractivity contribution in [3.63, 3.8) is 0 Å². The number of sulfonamides is 1. The van der Waals surface area contributed by atoms with Crippen LogP contribution in [0.15, 0.2) is 47.5 Å². The van der Waals surface area contributed by atoms with Gasteiger partial charge >= 0.3 is 5.97 Å². The number of hydrogen-bond acceptors (Lipinski definition) is 3. The molecular weight excluding hydrogens is 304 g/mol. The summed E-state index contributed by atoms with van der Waals surface area (Å²) in [7, 11) is -2.11. The average molecular weight is 322 g/mol. The normalized spacial score (nSPS) is 13.2. The first-order valence-electron chi connectivity index (χ1n) is 6.65. The van der Waals surface area contributed by atoms with Crippen LogP contribution in [0.5, 0.6) is 0 Å². The highest BCUT2D eigenvalue weighted by Gasteiger charge is 2.25. The highest BCUT2D eigenvalue weighted by molar-refractivity contribution is 7.89. The molecule has 0 radical (unpaired) electrons. The van der Waals surface area contributed by atoms with E-state index < -0.39 is 22.0 Å². The van der Waals surface area contributed by atoms with Gasteiger partial charge in [0.05, 0.1) is 4.90 Å². The van der Waals surface area contributed by atoms with Gasteiger partial charge in [-0.25, -0.2) is 8.42 Å². The summed E-state index contributed by atoms with van der Waals surface area (Å²) in [6, 6.07) is 5.33. The van der Waals surface area contributed by atoms with Crippen molar-refractivity contribution >= 4 is 26.9 Å². The molecule has 2 N–H and O–H groups in total. The minimum atomic E-state index is -3.92. The van der Waals surface area contributed by atoms with Crippen LogP contribution in [0.2, 0.25) is 0 Å². The van der Waals surface area contributed by atoms with Crippen molar-refractivity contribution in [2.75, 3.05) is 0 Å². The Kier molecular flexibility index (Phi) is 4.39. The number of carbonyl (C=O) groups is 1. The molecule has 1 unspecified atom stereocenters. The molecule has 0 aliphatic heterocycles. The number of nitrogens with zero attached hydrogens (tertiary/aromatic N) is 1. The van der Waals surface area contributed by atoms with E-state index in [1.807, 2.05) is 19.3 Å². The van der Waals surface area contributed by atoms with Crippen LogP contribution in [0.25, 0.3) is 10.9 Å². The van der Waals surface area contributed by atoms with Gasteiger partial charge in [0, 0.05) is 18.8 Å². The number of carboxylic acids is 1. The SMILES string of the molecule is C=C(C)CC(NS(=O)(=O)c1ccc2ccn(C)c2c1)C(=O)O. The number of aromatic nitrogens is 1. The number of aryl methyl sites for hydroxylation is 1. The molecule has 0 aliphatic rings. The number of benzene rings is 1. The second kappa shape index (κ2) is 5.94. The van der Waals surface area contributed by atoms with Crippen LogP contribution in [0.4, 0.5) is 0 Å². The quantitative estimate of drug-likeness (QED) is 0.795. The van der Waals surface area contributed by atoms with Gasteiger partial charge in [-0.05, 0) is 36.9 Å². The number of carboxylic acid groups (broad SMARTS) is 1. The van der Waals surface area contributed by atoms with Crippen LogP contribution < -0.4 is 4.72 Å². The zero-order chi connectivity index (χ0) is 16.5. The molecule has 1 heterocycles. The van der Waals surface area contributed by atoms with E-state index in [2.05, 4.69) is 11.3 Å². The third-order valence-corrected chi connectivity index (χ3v) is 4.79. The van der Waals surface area contributed by atoms with E-state index in [9.17, 15) is 13.2 Å². The van der Waals surface area contributed by atoms with E-state index >= 15 is 0 Å². The van der Waals surface area contributed by atoms with Gasteiger partial charge in [-0.2, -0.15) is 4.72 Å². The summed E-state index contributed by atoms with van der Waals surface area (Å²) in [4.78, 5) is 11.2. The molecule has 22 heavy (non-hydrogen) atoms. The Morgan fingerprint density at radius 3 is 2.68 bits per heavy atom. The molecule has 2 rings (SSSR count). The summed E-state index contributed by atoms with van der Waals surface area (Å²) in [6.45, 7) is 5.28. The van der Waals surface area contributed by atoms with Crippen LogP contribution in [-0.2, 0) is 21.9 Å². The summed E-state index contributed by atoms with van der Waals surface area (Å²) in [5, 5.41) is 10.1. The third-order valence-electron chi connectivity index (χ3n) is 3.32. The lowest BCUT2D eigenvalue weighted by Crippen LogP contribution is -2.40. The summed E-state index contributed by atoms with van der Waals surface area (Å²) in [6.07, 6.45) is 1.87. The fraction of sp³-hybridized carbons (Fsp3) is 0.267. The number of fused-ring (bicyclic) bond motifs is 1. The molecule has 118 valence electrons. The van der Waals surface area contributed by atoms with E-state index in [-0.39, 0.29) is 11.3 Å². The molecule has 0 saturated heterocycles. The Hall–Kier alpha value is -2.12. The van der Waals surface area contributed by atoms with Crippen molar-refractivity contribution < 1.29 is 18.3 Å². The summed E-state index contributed by atoms with van der Waals surface area (Å²) >= 11 is 0. The largest absolute Gasteiger partial charge is 0.480 e. The second-order valence-corrected chi connectivity index (χ2v) is 7.03. The minimum absolute atomic E-state index is 0.0368. The van der Waals surface area contributed by atoms with Gasteiger partial charge in [-0.1, -0.05) is 11.6 Å². The Morgan fingerprint density at radius 1 is 1.41 bits per heavy atom. The fourth-order valence-corrected chi connectivity index (χ4v) is 3.40. The van der Waals surface area contributed by atoms with Crippen LogP contribution >= 0.6 is 0 Å². The lowest BCUT2D eigenvalue weighted by Gasteiger charge is -2.15. The van der Waals surface area contributed by atoms with Crippen LogP contribution in [0.1, 0.15) is 13.3 Å². The van der Waals surface area contributed by atoms with E-state index in [1.165, 1.54) is 12.1 Å². The van der Waals surface area contributed by atoms with Gasteiger partial charge in [0.15, 0.2) is 0 Å². The Bertz CT molecular complexity index is 836. The maximum atomic E-state index is 12.4. The Labute approximate surface area is 129 Å². The third kappa shape index (κ3) is 3.37. The molecule has 1 atom stereocenters. The lowest BCUT2D eigenvalue weighted by atomic mass is 10.1. The standard InChI is InChI=1S/C15H18N2O4S/c1-10(2)8-13(15(18)19)16-22(20,21)12-5-4-11-6-7-17(3)14(11)9-12/h4-7,9,13,16H,1,8H2,2-3H3,(H,18,19). The zero-order valence-corrected chi connectivity index (χ0v) is 13.2. The number of rotatable bonds is 6. The number of aliphatic carboxylic acids is 1. The van der Waals surface area contributed by atoms with Crippen molar-refractivity contribution in [2.45, 2.75) is 24.3 Å². The van der Waals surface area contributed by atoms with Crippen molar-refractivity contribution in [1.29, 1.82) is 0 Å². The van der Waals surface area contributed by atoms with Crippen molar-refractivity contribution in [1.82, 2.24) is 9.29 Å². The van der Waals surface area contributed by atoms with Crippen LogP contribution in [-0.4, -0.2) is 30.1 Å². The van der Waals surface area contributed by atoms with E-state index in [0.717, 1.165) is 10.9 Å². The zero-order valence-electron chi connectivity index (χ0n) is 12.4. The molecular formula is C15H18N2O4S. The van der Waals surface area contributed by atoms with E-state index in [0.29, 0.717) is 5.57 Å². The van der Waals surface area contributed by atoms with Gasteiger partial charge in [-0.15, -0.1) is 6.58 Å². The predicted octanol–water partition coefficient (Wildman–Crippen LogP) is 1.88. The van der Waals surface area contributed by atoms with Gasteiger partial charge < -0.3 is 9.67 Å². The summed E-state index contributed by atoms with van der Waals surface area (Å²) in [5.74, 6) is -1.23. The van der Waals surface area contributed by atoms with Gasteiger partial charge in [0.25, 0.3) is 0 Å². The highest BCUT2D eigenvalue weighted by atomic mass is 32.2. The molecule has 0 amide bonds. The fourth-order valence-electron chi connectivity index (χ4n) is 2.19. The van der Waals surface area contributed by atoms with Crippen molar-refractivity contribution in [3.8, 4) is 0 Å². The topological polar surface area (TPSA) is 88.4 Å². The number of nitrogens with one attached hydrogen (secondary N) is 1. The molecule has 0 spiro atoms. The first kappa shape index (κ1) is 16.3. The van der Waals surface area contributed by atoms with Crippen LogP contribution in [0.3, 0.4) is 0 Å². The molecule has 1 aromatic heterocycles. The molecule has 7 heteroatoms. The van der Waals surface area contributed by atoms with Gasteiger partial charge in [-0.3, -0.25) is 4.79 Å². The molecule has 0 saturated carbocycles. The minimum Gasteiger partial charge on any atom is -0.480 e. The highest BCUT2D eigenvalue weighted by Crippen LogP contribution is 2.20. The van der Waals surface area contributed by atoms with Gasteiger partial charge in [0.1, 0.15) is 6.04 Å². The Morgan fingerprint density at radius 2 is 2.09 bits per heavy atom. The molecule has 1 aromatic carbocycles. The molecule has 0 aliphatic carbocycles. The number of hydrogen-bond donors (Lipinski definition) is 2. The average Bonchev–Trinajstić information content (AvgIpc) is 2.78. The summed E-state index contributed by atoms with van der Waals surface area (Å²) < 4.78 is 28.8. The van der Waals surface area contributed by atoms with Gasteiger partial charge in [0.2, 0.25) is 10.0 Å². The monoisotopic (exact) mass is 322 g/mol. The smallest absolute Gasteiger partial charge is 0.322 e. The molecule has 6 nitrogen and oxygen atoms in total. The molecule has 0 bridgehead atoms. The van der Waals surface area contributed by atoms with Crippen molar-refractivity contribution in [2.24, 2.45) is 7.05 Å². The first-order valence-corrected chi connectivity index (χ1v) is 8.13. The Balaban J connectivity index is 2.36. The van der Waals surface area contributed by atoms with Crippen LogP contribution in [0, 0.1) is 0 Å². The predicted molar refractivity (Wildman–Crippen MR) is 84.1 cm³/mol. The maximum absolute atomic E-state index is 12.4. The summed E-state index contributed by atoms with van der Waals surface area (Å²) in [5.41, 5.74) is 1.35. The maximum Gasteiger partial charge on any atom is 0.322 e. The second-order valence-electron chi connectivity index (χ2n) is 5.32. The molecule has 2 aromatic rings. The molecule has 0 fully saturated rings. The lowest BCUT2D eigenvalue weighted by molar-refractivity contribution is -0.138. The van der Waals surface area contributed by atoms with E-state index in [4.69, 9.17) is 5.11 Å². The first-order chi connectivity index (χ1) is 10.2. The van der Waals surface area contributed by atoms with Crippen molar-refractivity contribution in [3.05, 3.63) is 42.6 Å².